The van der Waals surface area contributed by atoms with Crippen LogP contribution in [0.25, 0.3) is 0 Å². The van der Waals surface area contributed by atoms with Gasteiger partial charge in [0.25, 0.3) is 11.6 Å². The highest BCUT2D eigenvalue weighted by Gasteiger charge is 2.17. The van der Waals surface area contributed by atoms with Gasteiger partial charge in [0.2, 0.25) is 0 Å². The molecule has 0 heterocycles. The standard InChI is InChI=1S/C19H18N4O5/c1-27-15-6-8-16(9-7-15)28-11-10-21-13-14(12-20)19(24)22-17-4-2-3-5-18(17)23(25)26/h2-9,13,21H,10-11H2,1H3,(H,22,24)/b14-13-. The first-order chi connectivity index (χ1) is 13.5. The molecule has 28 heavy (non-hydrogen) atoms. The number of nitrogens with zero attached hydrogens (tertiary/aromatic N) is 2. The maximum absolute atomic E-state index is 12.2. The number of nitro groups is 1. The first-order valence-electron chi connectivity index (χ1n) is 8.20. The van der Waals surface area contributed by atoms with Crippen LogP contribution in [0.3, 0.4) is 0 Å². The minimum absolute atomic E-state index is 0.0153. The number of amides is 1. The van der Waals surface area contributed by atoms with Crippen LogP contribution in [-0.2, 0) is 4.79 Å². The Morgan fingerprint density at radius 3 is 2.54 bits per heavy atom. The second-order valence-corrected chi connectivity index (χ2v) is 5.38. The highest BCUT2D eigenvalue weighted by molar-refractivity contribution is 6.07. The Kier molecular flexibility index (Phi) is 7.36. The summed E-state index contributed by atoms with van der Waals surface area (Å²) in [5, 5.41) is 25.3. The van der Waals surface area contributed by atoms with Crippen LogP contribution in [0.15, 0.2) is 60.3 Å². The molecule has 144 valence electrons. The number of nitriles is 1. The first-order valence-corrected chi connectivity index (χ1v) is 8.20. The van der Waals surface area contributed by atoms with Gasteiger partial charge in [-0.15, -0.1) is 0 Å². The Balaban J connectivity index is 1.86. The van der Waals surface area contributed by atoms with Crippen molar-refractivity contribution in [3.05, 3.63) is 70.4 Å². The Labute approximate surface area is 161 Å². The van der Waals surface area contributed by atoms with E-state index < -0.39 is 10.8 Å². The average Bonchev–Trinajstić information content (AvgIpc) is 2.71. The van der Waals surface area contributed by atoms with Crippen LogP contribution in [0.2, 0.25) is 0 Å². The maximum atomic E-state index is 12.2. The largest absolute Gasteiger partial charge is 0.497 e. The van der Waals surface area contributed by atoms with Gasteiger partial charge in [0, 0.05) is 18.8 Å². The molecule has 9 heteroatoms. The van der Waals surface area contributed by atoms with Gasteiger partial charge >= 0.3 is 0 Å². The molecule has 0 aliphatic heterocycles. The number of nitro benzene ring substituents is 1. The summed E-state index contributed by atoms with van der Waals surface area (Å²) in [7, 11) is 1.57. The van der Waals surface area contributed by atoms with E-state index in [9.17, 15) is 14.9 Å². The molecule has 0 bridgehead atoms. The van der Waals surface area contributed by atoms with Gasteiger partial charge in [-0.05, 0) is 30.3 Å². The number of para-hydroxylation sites is 2. The van der Waals surface area contributed by atoms with Crippen LogP contribution in [0, 0.1) is 21.4 Å². The fourth-order valence-corrected chi connectivity index (χ4v) is 2.15. The van der Waals surface area contributed by atoms with Gasteiger partial charge in [-0.25, -0.2) is 0 Å². The van der Waals surface area contributed by atoms with Gasteiger partial charge in [0.1, 0.15) is 35.4 Å². The number of benzene rings is 2. The minimum atomic E-state index is -0.750. The highest BCUT2D eigenvalue weighted by Crippen LogP contribution is 2.23. The van der Waals surface area contributed by atoms with Crippen molar-refractivity contribution in [2.45, 2.75) is 0 Å². The summed E-state index contributed by atoms with van der Waals surface area (Å²) < 4.78 is 10.6. The van der Waals surface area contributed by atoms with Crippen LogP contribution in [0.4, 0.5) is 11.4 Å². The number of nitrogens with one attached hydrogen (secondary N) is 2. The van der Waals surface area contributed by atoms with E-state index in [1.54, 1.807) is 43.5 Å². The molecule has 0 spiro atoms. The number of ether oxygens (including phenoxy) is 2. The zero-order valence-electron chi connectivity index (χ0n) is 15.0. The molecule has 0 unspecified atom stereocenters. The highest BCUT2D eigenvalue weighted by atomic mass is 16.6. The molecule has 0 saturated carbocycles. The number of hydrogen-bond donors (Lipinski definition) is 2. The Morgan fingerprint density at radius 2 is 1.89 bits per heavy atom. The molecule has 0 fully saturated rings. The normalized spacial score (nSPS) is 10.5. The van der Waals surface area contributed by atoms with Crippen LogP contribution >= 0.6 is 0 Å². The summed E-state index contributed by atoms with van der Waals surface area (Å²) in [5.74, 6) is 0.623. The molecular weight excluding hydrogens is 364 g/mol. The van der Waals surface area contributed by atoms with Crippen molar-refractivity contribution >= 4 is 17.3 Å². The van der Waals surface area contributed by atoms with Gasteiger partial charge in [-0.2, -0.15) is 5.26 Å². The van der Waals surface area contributed by atoms with Crippen LogP contribution in [-0.4, -0.2) is 31.1 Å². The fourth-order valence-electron chi connectivity index (χ4n) is 2.15. The second-order valence-electron chi connectivity index (χ2n) is 5.38. The molecule has 2 rings (SSSR count). The molecule has 9 nitrogen and oxygen atoms in total. The van der Waals surface area contributed by atoms with E-state index in [0.29, 0.717) is 18.9 Å². The third kappa shape index (κ3) is 5.74. The smallest absolute Gasteiger partial charge is 0.292 e. The predicted octanol–water partition coefficient (Wildman–Crippen LogP) is 2.62. The van der Waals surface area contributed by atoms with Crippen LogP contribution in [0.5, 0.6) is 11.5 Å². The van der Waals surface area contributed by atoms with Gasteiger partial charge < -0.3 is 20.1 Å². The van der Waals surface area contributed by atoms with Crippen molar-refractivity contribution in [1.29, 1.82) is 5.26 Å². The molecule has 2 N–H and O–H groups in total. The summed E-state index contributed by atoms with van der Waals surface area (Å²) in [6.07, 6.45) is 1.24. The van der Waals surface area contributed by atoms with Crippen LogP contribution < -0.4 is 20.1 Å². The van der Waals surface area contributed by atoms with Crippen molar-refractivity contribution in [1.82, 2.24) is 5.32 Å². The molecule has 0 aliphatic rings. The third-order valence-corrected chi connectivity index (χ3v) is 3.53. The number of rotatable bonds is 9. The predicted molar refractivity (Wildman–Crippen MR) is 102 cm³/mol. The molecular formula is C19H18N4O5. The van der Waals surface area contributed by atoms with E-state index >= 15 is 0 Å². The zero-order valence-corrected chi connectivity index (χ0v) is 15.0. The number of methoxy groups -OCH3 is 1. The summed E-state index contributed by atoms with van der Waals surface area (Å²) in [4.78, 5) is 22.5. The minimum Gasteiger partial charge on any atom is -0.497 e. The lowest BCUT2D eigenvalue weighted by Crippen LogP contribution is -2.20. The third-order valence-electron chi connectivity index (χ3n) is 3.53. The van der Waals surface area contributed by atoms with Crippen molar-refractivity contribution in [3.8, 4) is 17.6 Å². The quantitative estimate of drug-likeness (QED) is 0.224. The molecule has 0 aromatic heterocycles. The Bertz CT molecular complexity index is 903. The van der Waals surface area contributed by atoms with Crippen molar-refractivity contribution in [3.63, 3.8) is 0 Å². The fraction of sp³-hybridized carbons (Fsp3) is 0.158. The summed E-state index contributed by atoms with van der Waals surface area (Å²) >= 11 is 0. The monoisotopic (exact) mass is 382 g/mol. The summed E-state index contributed by atoms with van der Waals surface area (Å²) in [6, 6.07) is 14.5. The molecule has 0 aliphatic carbocycles. The molecule has 0 radical (unpaired) electrons. The lowest BCUT2D eigenvalue weighted by molar-refractivity contribution is -0.383. The first kappa shape index (κ1) is 20.3. The Morgan fingerprint density at radius 1 is 1.21 bits per heavy atom. The SMILES string of the molecule is COc1ccc(OCCN/C=C(/C#N)C(=O)Nc2ccccc2[N+](=O)[O-])cc1. The van der Waals surface area contributed by atoms with E-state index in [4.69, 9.17) is 14.7 Å². The Hall–Kier alpha value is -4.06. The molecule has 0 saturated heterocycles. The number of anilines is 1. The van der Waals surface area contributed by atoms with Gasteiger partial charge in [-0.1, -0.05) is 12.1 Å². The second kappa shape index (κ2) is 10.2. The van der Waals surface area contributed by atoms with E-state index in [2.05, 4.69) is 10.6 Å². The molecule has 2 aromatic rings. The number of hydrogen-bond acceptors (Lipinski definition) is 7. The van der Waals surface area contributed by atoms with Crippen molar-refractivity contribution < 1.29 is 19.2 Å². The summed E-state index contributed by atoms with van der Waals surface area (Å²) in [6.45, 7) is 0.642. The van der Waals surface area contributed by atoms with Crippen molar-refractivity contribution in [2.75, 3.05) is 25.6 Å². The van der Waals surface area contributed by atoms with E-state index in [1.165, 1.54) is 24.4 Å². The van der Waals surface area contributed by atoms with Gasteiger partial charge in [0.05, 0.1) is 12.0 Å². The topological polar surface area (TPSA) is 127 Å². The zero-order chi connectivity index (χ0) is 20.4. The number of carbonyl (C=O) groups excluding carboxylic acids is 1. The van der Waals surface area contributed by atoms with Crippen molar-refractivity contribution in [2.24, 2.45) is 0 Å². The lowest BCUT2D eigenvalue weighted by Gasteiger charge is -2.08. The summed E-state index contributed by atoms with van der Waals surface area (Å²) in [5.41, 5.74) is -0.460. The molecule has 1 amide bonds. The van der Waals surface area contributed by atoms with E-state index in [0.717, 1.165) is 5.75 Å². The van der Waals surface area contributed by atoms with Crippen LogP contribution in [0.1, 0.15) is 0 Å². The maximum Gasteiger partial charge on any atom is 0.292 e. The van der Waals surface area contributed by atoms with E-state index in [1.807, 2.05) is 0 Å². The lowest BCUT2D eigenvalue weighted by atomic mass is 10.2. The molecule has 2 aromatic carbocycles. The van der Waals surface area contributed by atoms with Gasteiger partial charge in [0.15, 0.2) is 0 Å². The van der Waals surface area contributed by atoms with E-state index in [-0.39, 0.29) is 16.9 Å². The average molecular weight is 382 g/mol. The molecule has 0 atom stereocenters. The van der Waals surface area contributed by atoms with Gasteiger partial charge in [-0.3, -0.25) is 14.9 Å². The number of carbonyl (C=O) groups is 1.